The normalized spacial score (nSPS) is 11.7. The topological polar surface area (TPSA) is 53.5 Å². The fourth-order valence-electron chi connectivity index (χ4n) is 11.1. The predicted molar refractivity (Wildman–Crippen MR) is 316 cm³/mol. The Hall–Kier alpha value is -9.95. The van der Waals surface area contributed by atoms with Gasteiger partial charge in [-0.1, -0.05) is 188 Å². The number of thiazole rings is 1. The summed E-state index contributed by atoms with van der Waals surface area (Å²) in [6.07, 6.45) is 0. The number of aromatic nitrogens is 6. The maximum Gasteiger partial charge on any atom is 0.145 e. The average molecular weight is 989 g/mol. The molecule has 0 bridgehead atoms. The first-order valence-corrected chi connectivity index (χ1v) is 26.4. The molecule has 76 heavy (non-hydrogen) atoms. The van der Waals surface area contributed by atoms with Crippen LogP contribution in [0.1, 0.15) is 0 Å². The molecule has 0 radical (unpaired) electrons. The van der Waals surface area contributed by atoms with Crippen molar-refractivity contribution in [2.75, 3.05) is 0 Å². The first kappa shape index (κ1) is 43.6. The van der Waals surface area contributed by atoms with Crippen LogP contribution in [-0.4, -0.2) is 28.7 Å². The number of hydrogen-bond acceptors (Lipinski definition) is 4. The van der Waals surface area contributed by atoms with E-state index in [1.165, 1.54) is 27.4 Å². The largest absolute Gasteiger partial charge is 0.309 e. The molecule has 0 aliphatic heterocycles. The molecular formula is C69H44N6S. The number of rotatable bonds is 9. The van der Waals surface area contributed by atoms with Crippen molar-refractivity contribution in [2.45, 2.75) is 0 Å². The van der Waals surface area contributed by atoms with E-state index >= 15 is 0 Å². The number of imidazole rings is 2. The maximum atomic E-state index is 5.54. The summed E-state index contributed by atoms with van der Waals surface area (Å²) in [4.78, 5) is 15.9. The average Bonchev–Trinajstić information content (AvgIpc) is 4.33. The van der Waals surface area contributed by atoms with Gasteiger partial charge < -0.3 is 4.57 Å². The van der Waals surface area contributed by atoms with E-state index in [9.17, 15) is 0 Å². The second-order valence-electron chi connectivity index (χ2n) is 19.2. The Morgan fingerprint density at radius 2 is 0.697 bits per heavy atom. The number of benzene rings is 11. The van der Waals surface area contributed by atoms with Gasteiger partial charge in [-0.05, 0) is 101 Å². The van der Waals surface area contributed by atoms with E-state index in [0.29, 0.717) is 0 Å². The van der Waals surface area contributed by atoms with E-state index in [-0.39, 0.29) is 0 Å². The molecule has 0 unspecified atom stereocenters. The van der Waals surface area contributed by atoms with Crippen LogP contribution < -0.4 is 0 Å². The summed E-state index contributed by atoms with van der Waals surface area (Å²) in [6.45, 7) is 0. The van der Waals surface area contributed by atoms with Crippen molar-refractivity contribution in [3.63, 3.8) is 0 Å². The van der Waals surface area contributed by atoms with E-state index < -0.39 is 0 Å². The summed E-state index contributed by atoms with van der Waals surface area (Å²) in [5, 5.41) is 3.44. The summed E-state index contributed by atoms with van der Waals surface area (Å²) in [5.74, 6) is 1.81. The van der Waals surface area contributed by atoms with Crippen molar-refractivity contribution in [2.24, 2.45) is 0 Å². The van der Waals surface area contributed by atoms with Gasteiger partial charge in [0, 0.05) is 55.7 Å². The summed E-state index contributed by atoms with van der Waals surface area (Å²) in [6, 6.07) is 95.0. The van der Waals surface area contributed by atoms with E-state index in [2.05, 4.69) is 275 Å². The number of hydrogen-bond donors (Lipinski definition) is 0. The van der Waals surface area contributed by atoms with Gasteiger partial charge in [-0.2, -0.15) is 0 Å². The van der Waals surface area contributed by atoms with E-state index in [1.807, 2.05) is 6.07 Å². The number of fused-ring (bicyclic) bond motifs is 6. The Labute approximate surface area is 442 Å². The van der Waals surface area contributed by atoms with Gasteiger partial charge in [-0.3, -0.25) is 9.13 Å². The lowest BCUT2D eigenvalue weighted by Crippen LogP contribution is -1.97. The molecule has 0 atom stereocenters. The van der Waals surface area contributed by atoms with Gasteiger partial charge in [0.05, 0.1) is 43.3 Å². The van der Waals surface area contributed by atoms with Crippen molar-refractivity contribution >= 4 is 65.4 Å². The summed E-state index contributed by atoms with van der Waals surface area (Å²) in [7, 11) is 0. The maximum absolute atomic E-state index is 5.54. The smallest absolute Gasteiger partial charge is 0.145 e. The predicted octanol–water partition coefficient (Wildman–Crippen LogP) is 18.1. The fraction of sp³-hybridized carbons (Fsp3) is 0. The molecule has 0 fully saturated rings. The quantitative estimate of drug-likeness (QED) is 0.145. The van der Waals surface area contributed by atoms with Crippen LogP contribution in [0.3, 0.4) is 0 Å². The molecule has 0 N–H and O–H groups in total. The Balaban J connectivity index is 0.829. The Kier molecular flexibility index (Phi) is 10.3. The lowest BCUT2D eigenvalue weighted by molar-refractivity contribution is 1.10. The van der Waals surface area contributed by atoms with Crippen molar-refractivity contribution in [1.82, 2.24) is 28.7 Å². The van der Waals surface area contributed by atoms with Crippen LogP contribution in [0, 0.1) is 0 Å². The molecule has 4 aromatic heterocycles. The van der Waals surface area contributed by atoms with E-state index in [0.717, 1.165) is 111 Å². The lowest BCUT2D eigenvalue weighted by atomic mass is 9.97. The minimum Gasteiger partial charge on any atom is -0.309 e. The highest BCUT2D eigenvalue weighted by Gasteiger charge is 2.21. The number of nitrogens with zero attached hydrogens (tertiary/aromatic N) is 6. The highest BCUT2D eigenvalue weighted by molar-refractivity contribution is 7.22. The minimum atomic E-state index is 0.903. The first-order chi connectivity index (χ1) is 37.7. The van der Waals surface area contributed by atoms with Gasteiger partial charge in [0.1, 0.15) is 16.7 Å². The van der Waals surface area contributed by atoms with Gasteiger partial charge in [-0.15, -0.1) is 11.3 Å². The molecular weight excluding hydrogens is 945 g/mol. The van der Waals surface area contributed by atoms with Crippen LogP contribution >= 0.6 is 11.3 Å². The molecule has 0 aliphatic rings. The Bertz CT molecular complexity index is 4450. The lowest BCUT2D eigenvalue weighted by Gasteiger charge is -2.12. The molecule has 0 spiro atoms. The third-order valence-corrected chi connectivity index (χ3v) is 15.9. The molecule has 15 aromatic rings. The molecule has 0 saturated heterocycles. The van der Waals surface area contributed by atoms with Crippen molar-refractivity contribution < 1.29 is 0 Å². The number of para-hydroxylation sites is 8. The van der Waals surface area contributed by atoms with Crippen LogP contribution in [0.25, 0.3) is 138 Å². The van der Waals surface area contributed by atoms with Crippen molar-refractivity contribution in [3.05, 3.63) is 267 Å². The highest BCUT2D eigenvalue weighted by Crippen LogP contribution is 2.44. The monoisotopic (exact) mass is 988 g/mol. The zero-order valence-corrected chi connectivity index (χ0v) is 41.8. The molecule has 356 valence electrons. The zero-order valence-electron chi connectivity index (χ0n) is 41.0. The minimum absolute atomic E-state index is 0.903. The standard InChI is InChI=1S/C69H44N6S/c1-4-16-52(17-5-1)73-61-25-13-10-22-57(61)58-44-51(40-43-62(58)73)45-28-38-50(39-29-45)69-72-65-55(46-30-34-48(35-31-46)67-70-59-23-11-14-26-63(59)74(67)53-18-6-2-7-19-53)41-42-56(66(65)76-69)47-32-36-49(37-33-47)68-71-60-24-12-15-27-64(60)75(68)54-20-8-3-9-21-54/h1-44H. The van der Waals surface area contributed by atoms with Crippen molar-refractivity contribution in [3.8, 4) is 83.8 Å². The highest BCUT2D eigenvalue weighted by atomic mass is 32.1. The van der Waals surface area contributed by atoms with Crippen LogP contribution in [-0.2, 0) is 0 Å². The van der Waals surface area contributed by atoms with Crippen LogP contribution in [0.5, 0.6) is 0 Å². The molecule has 0 aliphatic carbocycles. The molecule has 11 aromatic carbocycles. The molecule has 15 rings (SSSR count). The van der Waals surface area contributed by atoms with Crippen LogP contribution in [0.4, 0.5) is 0 Å². The molecule has 4 heterocycles. The van der Waals surface area contributed by atoms with E-state index in [1.54, 1.807) is 11.3 Å². The first-order valence-electron chi connectivity index (χ1n) is 25.6. The van der Waals surface area contributed by atoms with Crippen LogP contribution in [0.2, 0.25) is 0 Å². The summed E-state index contributed by atoms with van der Waals surface area (Å²) >= 11 is 1.75. The molecule has 6 nitrogen and oxygen atoms in total. The van der Waals surface area contributed by atoms with Gasteiger partial charge in [0.15, 0.2) is 0 Å². The van der Waals surface area contributed by atoms with Crippen LogP contribution in [0.15, 0.2) is 267 Å². The molecule has 7 heteroatoms. The second kappa shape index (κ2) is 17.9. The van der Waals surface area contributed by atoms with Gasteiger partial charge in [0.25, 0.3) is 0 Å². The molecule has 0 amide bonds. The Morgan fingerprint density at radius 1 is 0.276 bits per heavy atom. The third kappa shape index (κ3) is 7.28. The third-order valence-electron chi connectivity index (χ3n) is 14.8. The second-order valence-corrected chi connectivity index (χ2v) is 20.2. The summed E-state index contributed by atoms with van der Waals surface area (Å²) < 4.78 is 8.00. The summed E-state index contributed by atoms with van der Waals surface area (Å²) in [5.41, 5.74) is 20.7. The van der Waals surface area contributed by atoms with Gasteiger partial charge in [0.2, 0.25) is 0 Å². The van der Waals surface area contributed by atoms with Gasteiger partial charge in [-0.25, -0.2) is 15.0 Å². The van der Waals surface area contributed by atoms with Gasteiger partial charge >= 0.3 is 0 Å². The SMILES string of the molecule is c1ccc(-n2c(-c3ccc(-c4ccc(-c5ccc(-c6nc7ccccc7n6-c6ccccc6)cc5)c5sc(-c6ccc(-c7ccc8c(c7)c7ccccc7n8-c7ccccc7)cc6)nc45)cc3)nc3ccccc32)cc1. The Morgan fingerprint density at radius 3 is 1.28 bits per heavy atom. The molecule has 0 saturated carbocycles. The fourth-order valence-corrected chi connectivity index (χ4v) is 12.2. The van der Waals surface area contributed by atoms with Crippen molar-refractivity contribution in [1.29, 1.82) is 0 Å². The zero-order chi connectivity index (χ0) is 50.1. The van der Waals surface area contributed by atoms with E-state index in [4.69, 9.17) is 15.0 Å².